The molecule has 0 saturated carbocycles. The van der Waals surface area contributed by atoms with Gasteiger partial charge in [0.15, 0.2) is 0 Å². The average Bonchev–Trinajstić information content (AvgIpc) is 3.30. The summed E-state index contributed by atoms with van der Waals surface area (Å²) in [7, 11) is 0. The number of hydrogen-bond acceptors (Lipinski definition) is 4. The Kier molecular flexibility index (Phi) is 4.18. The number of benzene rings is 1. The first-order valence-electron chi connectivity index (χ1n) is 8.91. The predicted octanol–water partition coefficient (Wildman–Crippen LogP) is 3.59. The van der Waals surface area contributed by atoms with Crippen LogP contribution in [0.1, 0.15) is 46.8 Å². The van der Waals surface area contributed by atoms with E-state index in [1.807, 2.05) is 29.2 Å². The number of rotatable bonds is 3. The zero-order valence-corrected chi connectivity index (χ0v) is 14.7. The number of nitriles is 1. The second-order valence-corrected chi connectivity index (χ2v) is 6.82. The van der Waals surface area contributed by atoms with Crippen LogP contribution < -0.4 is 5.32 Å². The van der Waals surface area contributed by atoms with Crippen molar-refractivity contribution < 1.29 is 4.79 Å². The molecule has 0 atom stereocenters. The van der Waals surface area contributed by atoms with Gasteiger partial charge in [-0.15, -0.1) is 0 Å². The van der Waals surface area contributed by atoms with Gasteiger partial charge in [-0.1, -0.05) is 6.07 Å². The van der Waals surface area contributed by atoms with Gasteiger partial charge in [-0.2, -0.15) is 5.26 Å². The largest absolute Gasteiger partial charge is 0.343 e. The molecule has 0 bridgehead atoms. The lowest BCUT2D eigenvalue weighted by molar-refractivity contribution is 0.0793. The summed E-state index contributed by atoms with van der Waals surface area (Å²) in [5.74, 6) is 0.754. The summed E-state index contributed by atoms with van der Waals surface area (Å²) >= 11 is 0. The highest BCUT2D eigenvalue weighted by Crippen LogP contribution is 2.33. The van der Waals surface area contributed by atoms with Crippen molar-refractivity contribution in [3.8, 4) is 6.07 Å². The Hall–Kier alpha value is -3.13. The fourth-order valence-corrected chi connectivity index (χ4v) is 3.69. The number of fused-ring (bicyclic) bond motifs is 1. The molecule has 2 aromatic rings. The molecule has 1 amide bonds. The summed E-state index contributed by atoms with van der Waals surface area (Å²) in [5.41, 5.74) is 5.87. The van der Waals surface area contributed by atoms with Gasteiger partial charge < -0.3 is 10.2 Å². The second kappa shape index (κ2) is 6.64. The van der Waals surface area contributed by atoms with Crippen LogP contribution in [0.4, 0.5) is 5.82 Å². The van der Waals surface area contributed by atoms with Crippen LogP contribution in [0, 0.1) is 11.3 Å². The minimum Gasteiger partial charge on any atom is -0.343 e. The van der Waals surface area contributed by atoms with E-state index in [-0.39, 0.29) is 5.91 Å². The van der Waals surface area contributed by atoms with Crippen LogP contribution in [0.2, 0.25) is 0 Å². The maximum Gasteiger partial charge on any atom is 0.254 e. The SMILES string of the molecule is CC1=C(Nc2cc(C(=O)N3CCCC3)ccn2)Cc2cc(C#N)ccc21. The molecular formula is C21H20N4O. The predicted molar refractivity (Wildman–Crippen MR) is 100 cm³/mol. The van der Waals surface area contributed by atoms with Crippen molar-refractivity contribution in [2.24, 2.45) is 0 Å². The van der Waals surface area contributed by atoms with Gasteiger partial charge in [-0.3, -0.25) is 4.79 Å². The normalized spacial score (nSPS) is 15.8. The topological polar surface area (TPSA) is 69.0 Å². The zero-order valence-electron chi connectivity index (χ0n) is 14.7. The first-order chi connectivity index (χ1) is 12.7. The van der Waals surface area contributed by atoms with E-state index in [4.69, 9.17) is 5.26 Å². The zero-order chi connectivity index (χ0) is 18.1. The molecule has 4 rings (SSSR count). The Bertz CT molecular complexity index is 949. The average molecular weight is 344 g/mol. The van der Waals surface area contributed by atoms with E-state index < -0.39 is 0 Å². The number of anilines is 1. The number of likely N-dealkylation sites (tertiary alicyclic amines) is 1. The Morgan fingerprint density at radius 2 is 2.04 bits per heavy atom. The van der Waals surface area contributed by atoms with Crippen molar-refractivity contribution >= 4 is 17.3 Å². The monoisotopic (exact) mass is 344 g/mol. The van der Waals surface area contributed by atoms with Crippen LogP contribution in [-0.4, -0.2) is 28.9 Å². The smallest absolute Gasteiger partial charge is 0.254 e. The highest BCUT2D eigenvalue weighted by Gasteiger charge is 2.21. The molecule has 2 aliphatic rings. The van der Waals surface area contributed by atoms with Gasteiger partial charge in [0.05, 0.1) is 11.6 Å². The molecule has 1 aliphatic carbocycles. The molecule has 0 radical (unpaired) electrons. The number of carbonyl (C=O) groups is 1. The number of hydrogen-bond donors (Lipinski definition) is 1. The quantitative estimate of drug-likeness (QED) is 0.924. The number of amides is 1. The summed E-state index contributed by atoms with van der Waals surface area (Å²) < 4.78 is 0. The van der Waals surface area contributed by atoms with E-state index in [9.17, 15) is 4.79 Å². The molecule has 1 aromatic heterocycles. The summed E-state index contributed by atoms with van der Waals surface area (Å²) in [6.07, 6.45) is 4.58. The standard InChI is InChI=1S/C21H20N4O/c1-14-18-5-4-15(13-22)10-17(18)11-19(14)24-20-12-16(6-7-23-20)21(26)25-8-2-3-9-25/h4-7,10,12H,2-3,8-9,11H2,1H3,(H,23,24). The van der Waals surface area contributed by atoms with E-state index in [0.29, 0.717) is 16.9 Å². The molecule has 0 unspecified atom stereocenters. The molecule has 1 fully saturated rings. The number of carbonyl (C=O) groups excluding carboxylic acids is 1. The number of allylic oxidation sites excluding steroid dienone is 2. The second-order valence-electron chi connectivity index (χ2n) is 6.82. The molecular weight excluding hydrogens is 324 g/mol. The van der Waals surface area contributed by atoms with Crippen molar-refractivity contribution in [2.75, 3.05) is 18.4 Å². The third-order valence-electron chi connectivity index (χ3n) is 5.14. The first-order valence-corrected chi connectivity index (χ1v) is 8.91. The lowest BCUT2D eigenvalue weighted by Gasteiger charge is -2.16. The van der Waals surface area contributed by atoms with Crippen LogP contribution in [0.15, 0.2) is 42.2 Å². The van der Waals surface area contributed by atoms with Crippen molar-refractivity contribution in [3.63, 3.8) is 0 Å². The van der Waals surface area contributed by atoms with E-state index >= 15 is 0 Å². The molecule has 1 saturated heterocycles. The van der Waals surface area contributed by atoms with Gasteiger partial charge in [-0.25, -0.2) is 4.98 Å². The number of nitrogens with one attached hydrogen (secondary N) is 1. The van der Waals surface area contributed by atoms with Gasteiger partial charge in [0, 0.05) is 37.0 Å². The van der Waals surface area contributed by atoms with Gasteiger partial charge in [0.1, 0.15) is 5.82 Å². The maximum atomic E-state index is 12.6. The molecule has 5 heteroatoms. The van der Waals surface area contributed by atoms with E-state index in [2.05, 4.69) is 23.3 Å². The van der Waals surface area contributed by atoms with Gasteiger partial charge in [0.2, 0.25) is 0 Å². The third-order valence-corrected chi connectivity index (χ3v) is 5.14. The minimum atomic E-state index is 0.0759. The van der Waals surface area contributed by atoms with Crippen molar-refractivity contribution in [1.29, 1.82) is 5.26 Å². The van der Waals surface area contributed by atoms with Crippen LogP contribution in [0.25, 0.3) is 5.57 Å². The fourth-order valence-electron chi connectivity index (χ4n) is 3.69. The summed E-state index contributed by atoms with van der Waals surface area (Å²) in [6, 6.07) is 11.6. The fraction of sp³-hybridized carbons (Fsp3) is 0.286. The van der Waals surface area contributed by atoms with E-state index in [1.54, 1.807) is 12.3 Å². The number of nitrogens with zero attached hydrogens (tertiary/aromatic N) is 3. The van der Waals surface area contributed by atoms with E-state index in [1.165, 1.54) is 0 Å². The van der Waals surface area contributed by atoms with Gasteiger partial charge >= 0.3 is 0 Å². The minimum absolute atomic E-state index is 0.0759. The molecule has 1 aromatic carbocycles. The van der Waals surface area contributed by atoms with Gasteiger partial charge in [0.25, 0.3) is 5.91 Å². The molecule has 1 aliphatic heterocycles. The molecule has 1 N–H and O–H groups in total. The van der Waals surface area contributed by atoms with Crippen molar-refractivity contribution in [3.05, 3.63) is 64.5 Å². The van der Waals surface area contributed by atoms with Crippen LogP contribution in [0.3, 0.4) is 0 Å². The lowest BCUT2D eigenvalue weighted by Crippen LogP contribution is -2.27. The van der Waals surface area contributed by atoms with Crippen molar-refractivity contribution in [2.45, 2.75) is 26.2 Å². The molecule has 26 heavy (non-hydrogen) atoms. The molecule has 130 valence electrons. The maximum absolute atomic E-state index is 12.6. The Labute approximate surface area is 153 Å². The highest BCUT2D eigenvalue weighted by atomic mass is 16.2. The van der Waals surface area contributed by atoms with Gasteiger partial charge in [-0.05, 0) is 60.7 Å². The lowest BCUT2D eigenvalue weighted by atomic mass is 10.0. The highest BCUT2D eigenvalue weighted by molar-refractivity contribution is 5.95. The molecule has 5 nitrogen and oxygen atoms in total. The first kappa shape index (κ1) is 16.3. The Morgan fingerprint density at radius 3 is 2.81 bits per heavy atom. The molecule has 2 heterocycles. The summed E-state index contributed by atoms with van der Waals surface area (Å²) in [6.45, 7) is 3.74. The Balaban J connectivity index is 1.55. The summed E-state index contributed by atoms with van der Waals surface area (Å²) in [5, 5.41) is 12.5. The van der Waals surface area contributed by atoms with Crippen LogP contribution in [0.5, 0.6) is 0 Å². The number of pyridine rings is 1. The van der Waals surface area contributed by atoms with E-state index in [0.717, 1.165) is 54.7 Å². The molecule has 0 spiro atoms. The third kappa shape index (κ3) is 2.95. The Morgan fingerprint density at radius 1 is 1.23 bits per heavy atom. The van der Waals surface area contributed by atoms with Crippen LogP contribution >= 0.6 is 0 Å². The number of aromatic nitrogens is 1. The summed E-state index contributed by atoms with van der Waals surface area (Å²) in [4.78, 5) is 18.9. The van der Waals surface area contributed by atoms with Crippen molar-refractivity contribution in [1.82, 2.24) is 9.88 Å². The van der Waals surface area contributed by atoms with Crippen LogP contribution in [-0.2, 0) is 6.42 Å².